The summed E-state index contributed by atoms with van der Waals surface area (Å²) in [6, 6.07) is 3.93. The predicted molar refractivity (Wildman–Crippen MR) is 317 cm³/mol. The summed E-state index contributed by atoms with van der Waals surface area (Å²) in [5.74, 6) is 6.18. The zero-order valence-electron chi connectivity index (χ0n) is 39.6. The summed E-state index contributed by atoms with van der Waals surface area (Å²) in [5, 5.41) is 0. The van der Waals surface area contributed by atoms with E-state index in [2.05, 4.69) is 188 Å². The van der Waals surface area contributed by atoms with Gasteiger partial charge in [0.25, 0.3) is 0 Å². The lowest BCUT2D eigenvalue weighted by atomic mass is 9.47. The number of fused-ring (bicyclic) bond motifs is 5. The Hall–Kier alpha value is -0.400. The number of esters is 4. The minimum Gasteiger partial charge on any atom is -0.462 e. The van der Waals surface area contributed by atoms with Gasteiger partial charge in [0.1, 0.15) is 19.3 Å². The first kappa shape index (κ1) is 56.9. The van der Waals surface area contributed by atoms with Crippen molar-refractivity contribution in [3.05, 3.63) is 56.3 Å². The molecular weight excluding hydrogens is 1540 g/mol. The van der Waals surface area contributed by atoms with Crippen LogP contribution in [0.5, 0.6) is 0 Å². The SMILES string of the molecule is CC(C)CCC[C@@H](C)[C@H]1CC[C@H]2[C@@H]3CC=C4C[C@@H](OC(=O)C#CC(=O)OC(COC(=O)CCc5c(I)cc(I)c(N)c5I)COC(=O)CCc5c(I)cc(I)c(N)c5I)CC[C@]4(C)[C@H]3CC[C@]12C. The molecule has 0 amide bonds. The van der Waals surface area contributed by atoms with E-state index in [9.17, 15) is 19.2 Å². The number of halogens is 6. The van der Waals surface area contributed by atoms with Crippen LogP contribution in [0.2, 0.25) is 0 Å². The molecule has 0 saturated heterocycles. The molecule has 3 fully saturated rings. The number of ether oxygens (including phenoxy) is 4. The summed E-state index contributed by atoms with van der Waals surface area (Å²) in [4.78, 5) is 52.2. The summed E-state index contributed by atoms with van der Waals surface area (Å²) in [6.45, 7) is 11.5. The van der Waals surface area contributed by atoms with Crippen LogP contribution in [0.4, 0.5) is 11.4 Å². The van der Waals surface area contributed by atoms with E-state index in [1.807, 2.05) is 12.1 Å². The minimum atomic E-state index is -1.17. The lowest BCUT2D eigenvalue weighted by Gasteiger charge is -2.58. The van der Waals surface area contributed by atoms with E-state index in [1.54, 1.807) is 0 Å². The van der Waals surface area contributed by atoms with Crippen molar-refractivity contribution >= 4 is 171 Å². The highest BCUT2D eigenvalue weighted by atomic mass is 127. The monoisotopic (exact) mass is 1610 g/mol. The van der Waals surface area contributed by atoms with Crippen LogP contribution in [-0.4, -0.2) is 49.3 Å². The maximum atomic E-state index is 13.1. The lowest BCUT2D eigenvalue weighted by molar-refractivity contribution is -0.163. The quantitative estimate of drug-likeness (QED) is 0.0297. The average molecular weight is 1610 g/mol. The van der Waals surface area contributed by atoms with Crippen LogP contribution in [-0.2, 0) is 51.0 Å². The Balaban J connectivity index is 1.03. The number of hydrogen-bond donors (Lipinski definition) is 2. The Morgan fingerprint density at radius 2 is 1.31 bits per heavy atom. The smallest absolute Gasteiger partial charge is 0.385 e. The summed E-state index contributed by atoms with van der Waals surface area (Å²) in [5.41, 5.74) is 17.6. The van der Waals surface area contributed by atoms with E-state index in [1.165, 1.54) is 50.5 Å². The third-order valence-electron chi connectivity index (χ3n) is 15.7. The van der Waals surface area contributed by atoms with Crippen LogP contribution in [0.3, 0.4) is 0 Å². The van der Waals surface area contributed by atoms with Gasteiger partial charge < -0.3 is 30.4 Å². The number of carbonyl (C=O) groups excluding carboxylic acids is 4. The van der Waals surface area contributed by atoms with Gasteiger partial charge in [0.05, 0.1) is 11.4 Å². The van der Waals surface area contributed by atoms with Gasteiger partial charge in [-0.05, 0) is 263 Å². The second kappa shape index (κ2) is 25.2. The number of rotatable bonds is 17. The Bertz CT molecular complexity index is 2250. The maximum Gasteiger partial charge on any atom is 0.385 e. The molecule has 2 aromatic carbocycles. The van der Waals surface area contributed by atoms with Crippen molar-refractivity contribution in [3.63, 3.8) is 0 Å². The normalized spacial score (nSPS) is 25.5. The van der Waals surface area contributed by atoms with Gasteiger partial charge >= 0.3 is 23.9 Å². The summed E-state index contributed by atoms with van der Waals surface area (Å²) < 4.78 is 28.1. The van der Waals surface area contributed by atoms with Gasteiger partial charge in [0.2, 0.25) is 0 Å². The predicted octanol–water partition coefficient (Wildman–Crippen LogP) is 13.0. The second-order valence-corrected chi connectivity index (χ2v) is 27.1. The topological polar surface area (TPSA) is 157 Å². The molecule has 0 spiro atoms. The number of anilines is 2. The van der Waals surface area contributed by atoms with E-state index in [0.717, 1.165) is 75.5 Å². The van der Waals surface area contributed by atoms with Crippen molar-refractivity contribution in [2.45, 2.75) is 143 Å². The molecule has 10 nitrogen and oxygen atoms in total. The van der Waals surface area contributed by atoms with E-state index in [0.29, 0.717) is 47.9 Å². The molecule has 6 rings (SSSR count). The largest absolute Gasteiger partial charge is 0.462 e. The molecule has 372 valence electrons. The molecule has 68 heavy (non-hydrogen) atoms. The number of nitrogen functional groups attached to an aromatic ring is 2. The third-order valence-corrected chi connectivity index (χ3v) is 21.9. The fraction of sp³-hybridized carbons (Fsp3) is 0.615. The van der Waals surface area contributed by atoms with E-state index in [-0.39, 0.29) is 37.6 Å². The number of allylic oxidation sites excluding steroid dienone is 1. The lowest BCUT2D eigenvalue weighted by Crippen LogP contribution is -2.51. The van der Waals surface area contributed by atoms with Crippen LogP contribution in [0.15, 0.2) is 23.8 Å². The summed E-state index contributed by atoms with van der Waals surface area (Å²) in [7, 11) is 0. The average Bonchev–Trinajstić information content (AvgIpc) is 3.65. The molecule has 4 aliphatic carbocycles. The number of benzene rings is 2. The Morgan fingerprint density at radius 3 is 1.88 bits per heavy atom. The van der Waals surface area contributed by atoms with E-state index >= 15 is 0 Å². The van der Waals surface area contributed by atoms with Crippen molar-refractivity contribution in [2.75, 3.05) is 24.7 Å². The molecular formula is C52H64I6N2O8. The number of nitrogens with two attached hydrogens (primary N) is 2. The minimum absolute atomic E-state index is 0.0471. The molecule has 3 saturated carbocycles. The summed E-state index contributed by atoms with van der Waals surface area (Å²) in [6.07, 6.45) is 14.6. The molecule has 8 atom stereocenters. The molecule has 2 aromatic rings. The van der Waals surface area contributed by atoms with Gasteiger partial charge in [0.15, 0.2) is 6.10 Å². The van der Waals surface area contributed by atoms with Gasteiger partial charge in [-0.3, -0.25) is 9.59 Å². The standard InChI is InChI=1S/C52H64I6N2O8/c1-28(2)7-6-8-29(3)36-13-14-37-33-10-9-30-23-31(19-21-51(30,4)38(33)20-22-52(36,37)5)67-45(63)17-18-46(64)68-32(26-65-43(61)15-11-34-39(53)24-41(55)49(59)47(34)57)27-66-44(62)16-12-35-40(54)25-42(56)50(60)48(35)58/h9,24-25,28-29,31-33,36-38H,6-8,10-16,19-23,26-27,59-60H2,1-5H3/t29-,31+,33+,36-,37+,38+,51+,52-/m1/s1. The highest BCUT2D eigenvalue weighted by molar-refractivity contribution is 14.1. The van der Waals surface area contributed by atoms with Crippen molar-refractivity contribution in [3.8, 4) is 11.8 Å². The van der Waals surface area contributed by atoms with Gasteiger partial charge in [-0.15, -0.1) is 0 Å². The van der Waals surface area contributed by atoms with Crippen LogP contribution < -0.4 is 11.5 Å². The Labute approximate surface area is 485 Å². The van der Waals surface area contributed by atoms with Crippen molar-refractivity contribution in [1.82, 2.24) is 0 Å². The first-order chi connectivity index (χ1) is 32.1. The Kier molecular flexibility index (Phi) is 21.1. The zero-order chi connectivity index (χ0) is 49.7. The fourth-order valence-electron chi connectivity index (χ4n) is 12.1. The number of carbonyl (C=O) groups is 4. The summed E-state index contributed by atoms with van der Waals surface area (Å²) >= 11 is 13.2. The molecule has 0 aliphatic heterocycles. The van der Waals surface area contributed by atoms with Gasteiger partial charge in [-0.2, -0.15) is 0 Å². The van der Waals surface area contributed by atoms with Crippen molar-refractivity contribution < 1.29 is 38.1 Å². The third kappa shape index (κ3) is 13.8. The highest BCUT2D eigenvalue weighted by Crippen LogP contribution is 2.67. The molecule has 0 bridgehead atoms. The number of hydrogen-bond acceptors (Lipinski definition) is 10. The molecule has 4 N–H and O–H groups in total. The van der Waals surface area contributed by atoms with Crippen LogP contribution in [0, 0.1) is 79.6 Å². The van der Waals surface area contributed by atoms with Crippen molar-refractivity contribution in [1.29, 1.82) is 0 Å². The molecule has 16 heteroatoms. The Morgan fingerprint density at radius 1 is 0.735 bits per heavy atom. The molecule has 0 heterocycles. The molecule has 4 aliphatic rings. The maximum absolute atomic E-state index is 13.1. The molecule has 0 radical (unpaired) electrons. The van der Waals surface area contributed by atoms with E-state index < -0.39 is 30.0 Å². The first-order valence-corrected chi connectivity index (χ1v) is 30.4. The van der Waals surface area contributed by atoms with Crippen LogP contribution in [0.25, 0.3) is 0 Å². The second-order valence-electron chi connectivity index (χ2n) is 20.3. The van der Waals surface area contributed by atoms with E-state index in [4.69, 9.17) is 30.4 Å². The molecule has 0 unspecified atom stereocenters. The fourth-order valence-corrected chi connectivity index (χ4v) is 19.9. The van der Waals surface area contributed by atoms with Crippen LogP contribution >= 0.6 is 136 Å². The van der Waals surface area contributed by atoms with Crippen molar-refractivity contribution in [2.24, 2.45) is 46.3 Å². The van der Waals surface area contributed by atoms with Gasteiger partial charge in [-0.25, -0.2) is 9.59 Å². The zero-order valence-corrected chi connectivity index (χ0v) is 52.5. The first-order valence-electron chi connectivity index (χ1n) is 23.9. The molecule has 0 aromatic heterocycles. The van der Waals surface area contributed by atoms with Gasteiger partial charge in [0, 0.05) is 52.5 Å². The van der Waals surface area contributed by atoms with Gasteiger partial charge in [-0.1, -0.05) is 65.5 Å². The highest BCUT2D eigenvalue weighted by Gasteiger charge is 2.59. The van der Waals surface area contributed by atoms with Crippen LogP contribution in [0.1, 0.15) is 129 Å².